The van der Waals surface area contributed by atoms with E-state index in [1.165, 1.54) is 71.1 Å². The van der Waals surface area contributed by atoms with Crippen molar-refractivity contribution in [3.63, 3.8) is 0 Å². The van der Waals surface area contributed by atoms with Crippen LogP contribution in [0, 0.1) is 0 Å². The first-order valence-electron chi connectivity index (χ1n) is 9.31. The Labute approximate surface area is 137 Å². The molecule has 1 amide bonds. The van der Waals surface area contributed by atoms with Gasteiger partial charge in [-0.3, -0.25) is 4.79 Å². The van der Waals surface area contributed by atoms with Crippen LogP contribution in [0.25, 0.3) is 0 Å². The third kappa shape index (κ3) is 13.1. The Bertz CT molecular complexity index is 257. The number of aliphatic hydroxyl groups excluding tert-OH is 1. The molecular weight excluding hydrogens is 276 g/mol. The fourth-order valence-electron chi connectivity index (χ4n) is 2.51. The molecule has 22 heavy (non-hydrogen) atoms. The molecule has 0 aromatic heterocycles. The summed E-state index contributed by atoms with van der Waals surface area (Å²) in [7, 11) is 0. The monoisotopic (exact) mass is 314 g/mol. The molecule has 0 spiro atoms. The normalized spacial score (nSPS) is 13.8. The summed E-state index contributed by atoms with van der Waals surface area (Å²) < 4.78 is 0. The highest BCUT2D eigenvalue weighted by Crippen LogP contribution is 2.11. The van der Waals surface area contributed by atoms with Crippen molar-refractivity contribution in [3.8, 4) is 0 Å². The van der Waals surface area contributed by atoms with Gasteiger partial charge in [0, 0.05) is 6.54 Å². The van der Waals surface area contributed by atoms with Crippen LogP contribution in [0.15, 0.2) is 0 Å². The first-order chi connectivity index (χ1) is 10.6. The molecular formula is C18H38N2O2. The largest absolute Gasteiger partial charge is 0.391 e. The lowest BCUT2D eigenvalue weighted by atomic mass is 10.1. The number of aliphatic hydroxyl groups is 1. The topological polar surface area (TPSA) is 75.4 Å². The Morgan fingerprint density at radius 2 is 1.32 bits per heavy atom. The first kappa shape index (κ1) is 21.4. The number of nitrogens with two attached hydrogens (primary N) is 1. The highest BCUT2D eigenvalue weighted by atomic mass is 16.3. The lowest BCUT2D eigenvalue weighted by Crippen LogP contribution is -2.47. The van der Waals surface area contributed by atoms with Gasteiger partial charge in [-0.15, -0.1) is 0 Å². The molecule has 2 atom stereocenters. The van der Waals surface area contributed by atoms with Crippen LogP contribution in [-0.4, -0.2) is 29.7 Å². The smallest absolute Gasteiger partial charge is 0.239 e. The summed E-state index contributed by atoms with van der Waals surface area (Å²) in [5.41, 5.74) is 5.55. The van der Waals surface area contributed by atoms with Gasteiger partial charge in [0.1, 0.15) is 6.04 Å². The fraction of sp³-hybridized carbons (Fsp3) is 0.944. The Kier molecular flexibility index (Phi) is 14.9. The second-order valence-corrected chi connectivity index (χ2v) is 6.45. The Hall–Kier alpha value is -0.610. The van der Waals surface area contributed by atoms with E-state index in [0.717, 1.165) is 12.8 Å². The molecule has 2 unspecified atom stereocenters. The molecule has 4 nitrogen and oxygen atoms in total. The van der Waals surface area contributed by atoms with Crippen LogP contribution < -0.4 is 11.1 Å². The van der Waals surface area contributed by atoms with E-state index in [-0.39, 0.29) is 5.91 Å². The van der Waals surface area contributed by atoms with Crippen molar-refractivity contribution in [2.75, 3.05) is 6.54 Å². The van der Waals surface area contributed by atoms with Crippen LogP contribution in [0.4, 0.5) is 0 Å². The van der Waals surface area contributed by atoms with Crippen LogP contribution in [0.3, 0.4) is 0 Å². The van der Waals surface area contributed by atoms with Gasteiger partial charge in [0.05, 0.1) is 6.10 Å². The summed E-state index contributed by atoms with van der Waals surface area (Å²) in [6.07, 6.45) is 14.9. The van der Waals surface area contributed by atoms with Crippen LogP contribution in [-0.2, 0) is 4.79 Å². The number of unbranched alkanes of at least 4 members (excludes halogenated alkanes) is 11. The average molecular weight is 315 g/mol. The molecule has 0 radical (unpaired) electrons. The molecule has 0 fully saturated rings. The molecule has 132 valence electrons. The zero-order valence-corrected chi connectivity index (χ0v) is 14.8. The standard InChI is InChI=1S/C18H38N2O2/c1-3-4-5-6-7-8-9-10-11-12-13-14-15-20-18(22)17(19)16(2)21/h16-17,21H,3-15,19H2,1-2H3,(H,20,22). The Balaban J connectivity index is 3.19. The van der Waals surface area contributed by atoms with Gasteiger partial charge in [-0.2, -0.15) is 0 Å². The number of nitrogens with one attached hydrogen (secondary N) is 1. The predicted molar refractivity (Wildman–Crippen MR) is 93.7 cm³/mol. The van der Waals surface area contributed by atoms with E-state index in [0.29, 0.717) is 6.54 Å². The molecule has 4 heteroatoms. The van der Waals surface area contributed by atoms with Crippen LogP contribution in [0.1, 0.15) is 90.9 Å². The molecule has 0 aliphatic carbocycles. The molecule has 0 heterocycles. The summed E-state index contributed by atoms with van der Waals surface area (Å²) in [6.45, 7) is 4.46. The molecule has 0 saturated carbocycles. The summed E-state index contributed by atoms with van der Waals surface area (Å²) in [5, 5.41) is 12.0. The van der Waals surface area contributed by atoms with Gasteiger partial charge in [-0.1, -0.05) is 77.6 Å². The Morgan fingerprint density at radius 1 is 0.909 bits per heavy atom. The fourth-order valence-corrected chi connectivity index (χ4v) is 2.51. The molecule has 0 aliphatic heterocycles. The van der Waals surface area contributed by atoms with Gasteiger partial charge in [0.15, 0.2) is 0 Å². The van der Waals surface area contributed by atoms with Crippen LogP contribution >= 0.6 is 0 Å². The minimum Gasteiger partial charge on any atom is -0.391 e. The Morgan fingerprint density at radius 3 is 1.73 bits per heavy atom. The van der Waals surface area contributed by atoms with Crippen molar-refractivity contribution in [3.05, 3.63) is 0 Å². The molecule has 0 aromatic carbocycles. The van der Waals surface area contributed by atoms with E-state index in [1.54, 1.807) is 0 Å². The van der Waals surface area contributed by atoms with E-state index < -0.39 is 12.1 Å². The number of hydrogen-bond acceptors (Lipinski definition) is 3. The number of rotatable bonds is 15. The maximum Gasteiger partial charge on any atom is 0.239 e. The summed E-state index contributed by atoms with van der Waals surface area (Å²) >= 11 is 0. The second-order valence-electron chi connectivity index (χ2n) is 6.45. The maximum atomic E-state index is 11.5. The SMILES string of the molecule is CCCCCCCCCCCCCCNC(=O)C(N)C(C)O. The second kappa shape index (κ2) is 15.3. The summed E-state index contributed by atoms with van der Waals surface area (Å²) in [4.78, 5) is 11.5. The molecule has 0 saturated heterocycles. The van der Waals surface area contributed by atoms with E-state index in [9.17, 15) is 9.90 Å². The first-order valence-corrected chi connectivity index (χ1v) is 9.31. The van der Waals surface area contributed by atoms with Crippen molar-refractivity contribution >= 4 is 5.91 Å². The van der Waals surface area contributed by atoms with Gasteiger partial charge < -0.3 is 16.2 Å². The van der Waals surface area contributed by atoms with Crippen LogP contribution in [0.5, 0.6) is 0 Å². The zero-order chi connectivity index (χ0) is 16.6. The summed E-state index contributed by atoms with van der Waals surface area (Å²) in [6, 6.07) is -0.808. The van der Waals surface area contributed by atoms with Crippen molar-refractivity contribution in [1.29, 1.82) is 0 Å². The van der Waals surface area contributed by atoms with Crippen molar-refractivity contribution in [2.45, 2.75) is 103 Å². The third-order valence-corrected chi connectivity index (χ3v) is 4.15. The van der Waals surface area contributed by atoms with E-state index in [4.69, 9.17) is 5.73 Å². The highest BCUT2D eigenvalue weighted by molar-refractivity contribution is 5.81. The lowest BCUT2D eigenvalue weighted by Gasteiger charge is -2.14. The van der Waals surface area contributed by atoms with Gasteiger partial charge in [-0.25, -0.2) is 0 Å². The van der Waals surface area contributed by atoms with Gasteiger partial charge in [0.2, 0.25) is 5.91 Å². The van der Waals surface area contributed by atoms with Crippen molar-refractivity contribution < 1.29 is 9.90 Å². The van der Waals surface area contributed by atoms with Gasteiger partial charge in [0.25, 0.3) is 0 Å². The number of carbonyl (C=O) groups excluding carboxylic acids is 1. The molecule has 4 N–H and O–H groups in total. The molecule has 0 rings (SSSR count). The van der Waals surface area contributed by atoms with E-state index in [1.807, 2.05) is 0 Å². The molecule has 0 bridgehead atoms. The lowest BCUT2D eigenvalue weighted by molar-refractivity contribution is -0.124. The quantitative estimate of drug-likeness (QED) is 0.405. The summed E-state index contributed by atoms with van der Waals surface area (Å²) in [5.74, 6) is -0.252. The molecule has 0 aliphatic rings. The highest BCUT2D eigenvalue weighted by Gasteiger charge is 2.17. The minimum atomic E-state index is -0.808. The number of amides is 1. The van der Waals surface area contributed by atoms with Gasteiger partial charge in [-0.05, 0) is 13.3 Å². The van der Waals surface area contributed by atoms with E-state index in [2.05, 4.69) is 12.2 Å². The molecule has 0 aromatic rings. The van der Waals surface area contributed by atoms with E-state index >= 15 is 0 Å². The number of carbonyl (C=O) groups is 1. The average Bonchev–Trinajstić information content (AvgIpc) is 2.50. The minimum absolute atomic E-state index is 0.252. The number of hydrogen-bond donors (Lipinski definition) is 3. The zero-order valence-electron chi connectivity index (χ0n) is 14.8. The van der Waals surface area contributed by atoms with Crippen molar-refractivity contribution in [1.82, 2.24) is 5.32 Å². The van der Waals surface area contributed by atoms with Gasteiger partial charge >= 0.3 is 0 Å². The third-order valence-electron chi connectivity index (χ3n) is 4.15. The van der Waals surface area contributed by atoms with Crippen molar-refractivity contribution in [2.24, 2.45) is 5.73 Å². The predicted octanol–water partition coefficient (Wildman–Crippen LogP) is 3.51. The maximum absolute atomic E-state index is 11.5. The van der Waals surface area contributed by atoms with Crippen LogP contribution in [0.2, 0.25) is 0 Å².